The van der Waals surface area contributed by atoms with Crippen LogP contribution in [-0.4, -0.2) is 27.0 Å². The standard InChI is InChI=1S/C12H7Cl2N3O3/c13-8-3-2-7(10(14)16-8)11(18)17-9-4-1-6(5-15-9)12(19)20/h1-5H,(H,19,20)(H,15,17,18). The number of carboxylic acids is 1. The van der Waals surface area contributed by atoms with Crippen LogP contribution in [0.3, 0.4) is 0 Å². The highest BCUT2D eigenvalue weighted by Gasteiger charge is 2.13. The maximum Gasteiger partial charge on any atom is 0.337 e. The normalized spacial score (nSPS) is 10.1. The van der Waals surface area contributed by atoms with E-state index in [-0.39, 0.29) is 27.3 Å². The second-order valence-electron chi connectivity index (χ2n) is 3.66. The van der Waals surface area contributed by atoms with E-state index in [1.807, 2.05) is 0 Å². The van der Waals surface area contributed by atoms with Crippen molar-refractivity contribution in [2.24, 2.45) is 0 Å². The average molecular weight is 312 g/mol. The maximum atomic E-state index is 11.9. The highest BCUT2D eigenvalue weighted by Crippen LogP contribution is 2.18. The second-order valence-corrected chi connectivity index (χ2v) is 4.41. The van der Waals surface area contributed by atoms with Crippen LogP contribution in [0.25, 0.3) is 0 Å². The minimum atomic E-state index is -1.10. The van der Waals surface area contributed by atoms with Gasteiger partial charge in [-0.15, -0.1) is 0 Å². The molecule has 2 rings (SSSR count). The van der Waals surface area contributed by atoms with E-state index in [2.05, 4.69) is 15.3 Å². The molecule has 0 saturated carbocycles. The van der Waals surface area contributed by atoms with Crippen molar-refractivity contribution in [3.05, 3.63) is 51.9 Å². The number of anilines is 1. The first-order valence-corrected chi connectivity index (χ1v) is 6.05. The molecule has 20 heavy (non-hydrogen) atoms. The first kappa shape index (κ1) is 14.2. The molecule has 6 nitrogen and oxygen atoms in total. The highest BCUT2D eigenvalue weighted by molar-refractivity contribution is 6.35. The van der Waals surface area contributed by atoms with Gasteiger partial charge in [0.2, 0.25) is 0 Å². The van der Waals surface area contributed by atoms with Crippen LogP contribution < -0.4 is 5.32 Å². The minimum absolute atomic E-state index is 0.0224. The Labute approximate surface area is 123 Å². The molecule has 0 aliphatic rings. The molecule has 0 saturated heterocycles. The van der Waals surface area contributed by atoms with Crippen LogP contribution in [0.5, 0.6) is 0 Å². The van der Waals surface area contributed by atoms with Crippen molar-refractivity contribution >= 4 is 40.9 Å². The van der Waals surface area contributed by atoms with Gasteiger partial charge in [-0.1, -0.05) is 23.2 Å². The van der Waals surface area contributed by atoms with Gasteiger partial charge in [0.25, 0.3) is 5.91 Å². The summed E-state index contributed by atoms with van der Waals surface area (Å²) in [6.45, 7) is 0. The lowest BCUT2D eigenvalue weighted by Crippen LogP contribution is -2.14. The van der Waals surface area contributed by atoms with Crippen molar-refractivity contribution in [1.29, 1.82) is 0 Å². The third-order valence-corrected chi connectivity index (χ3v) is 2.81. The summed E-state index contributed by atoms with van der Waals surface area (Å²) in [6, 6.07) is 5.56. The first-order valence-electron chi connectivity index (χ1n) is 5.30. The van der Waals surface area contributed by atoms with Crippen LogP contribution in [0.1, 0.15) is 20.7 Å². The van der Waals surface area contributed by atoms with Crippen molar-refractivity contribution in [2.75, 3.05) is 5.32 Å². The Balaban J connectivity index is 2.17. The molecule has 8 heteroatoms. The maximum absolute atomic E-state index is 11.9. The molecule has 0 aromatic carbocycles. The van der Waals surface area contributed by atoms with E-state index >= 15 is 0 Å². The van der Waals surface area contributed by atoms with E-state index in [1.165, 1.54) is 24.3 Å². The third kappa shape index (κ3) is 3.23. The molecule has 2 heterocycles. The monoisotopic (exact) mass is 311 g/mol. The molecular weight excluding hydrogens is 305 g/mol. The number of halogens is 2. The predicted molar refractivity (Wildman–Crippen MR) is 73.4 cm³/mol. The quantitative estimate of drug-likeness (QED) is 0.850. The van der Waals surface area contributed by atoms with E-state index in [4.69, 9.17) is 28.3 Å². The summed E-state index contributed by atoms with van der Waals surface area (Å²) in [7, 11) is 0. The van der Waals surface area contributed by atoms with Gasteiger partial charge in [0.05, 0.1) is 11.1 Å². The van der Waals surface area contributed by atoms with Crippen molar-refractivity contribution in [3.63, 3.8) is 0 Å². The van der Waals surface area contributed by atoms with Crippen molar-refractivity contribution < 1.29 is 14.7 Å². The van der Waals surface area contributed by atoms with E-state index in [0.29, 0.717) is 0 Å². The summed E-state index contributed by atoms with van der Waals surface area (Å²) in [6.07, 6.45) is 1.14. The van der Waals surface area contributed by atoms with Gasteiger partial charge in [-0.3, -0.25) is 4.79 Å². The zero-order valence-electron chi connectivity index (χ0n) is 9.80. The highest BCUT2D eigenvalue weighted by atomic mass is 35.5. The summed E-state index contributed by atoms with van der Waals surface area (Å²) >= 11 is 11.4. The number of nitrogens with one attached hydrogen (secondary N) is 1. The molecule has 0 fully saturated rings. The Hall–Kier alpha value is -2.18. The van der Waals surface area contributed by atoms with Crippen LogP contribution >= 0.6 is 23.2 Å². The van der Waals surface area contributed by atoms with E-state index in [1.54, 1.807) is 0 Å². The minimum Gasteiger partial charge on any atom is -0.478 e. The zero-order valence-corrected chi connectivity index (χ0v) is 11.3. The molecule has 2 N–H and O–H groups in total. The van der Waals surface area contributed by atoms with Gasteiger partial charge in [-0.05, 0) is 24.3 Å². The van der Waals surface area contributed by atoms with Gasteiger partial charge in [-0.2, -0.15) is 0 Å². The lowest BCUT2D eigenvalue weighted by atomic mass is 10.2. The van der Waals surface area contributed by atoms with Gasteiger partial charge in [-0.25, -0.2) is 14.8 Å². The Morgan fingerprint density at radius 1 is 1.15 bits per heavy atom. The third-order valence-electron chi connectivity index (χ3n) is 2.31. The Morgan fingerprint density at radius 2 is 1.90 bits per heavy atom. The van der Waals surface area contributed by atoms with Gasteiger partial charge < -0.3 is 10.4 Å². The number of rotatable bonds is 3. The number of amides is 1. The summed E-state index contributed by atoms with van der Waals surface area (Å²) in [4.78, 5) is 30.2. The fourth-order valence-electron chi connectivity index (χ4n) is 1.36. The van der Waals surface area contributed by atoms with Gasteiger partial charge in [0, 0.05) is 6.20 Å². The molecule has 2 aromatic heterocycles. The Morgan fingerprint density at radius 3 is 2.45 bits per heavy atom. The fraction of sp³-hybridized carbons (Fsp3) is 0. The second kappa shape index (κ2) is 5.85. The number of aromatic carboxylic acids is 1. The zero-order chi connectivity index (χ0) is 14.7. The number of pyridine rings is 2. The molecule has 1 amide bonds. The topological polar surface area (TPSA) is 92.2 Å². The Kier molecular flexibility index (Phi) is 4.16. The molecule has 0 spiro atoms. The Bertz CT molecular complexity index is 674. The van der Waals surface area contributed by atoms with Crippen molar-refractivity contribution in [2.45, 2.75) is 0 Å². The van der Waals surface area contributed by atoms with Crippen molar-refractivity contribution in [3.8, 4) is 0 Å². The molecule has 2 aromatic rings. The summed E-state index contributed by atoms with van der Waals surface area (Å²) in [5.41, 5.74) is 0.161. The number of nitrogens with zero attached hydrogens (tertiary/aromatic N) is 2. The number of aromatic nitrogens is 2. The predicted octanol–water partition coefficient (Wildman–Crippen LogP) is 2.73. The lowest BCUT2D eigenvalue weighted by molar-refractivity contribution is 0.0696. The van der Waals surface area contributed by atoms with Crippen LogP contribution in [0, 0.1) is 0 Å². The van der Waals surface area contributed by atoms with E-state index in [9.17, 15) is 9.59 Å². The molecule has 0 aliphatic carbocycles. The smallest absolute Gasteiger partial charge is 0.337 e. The molecule has 0 bridgehead atoms. The van der Waals surface area contributed by atoms with Crippen LogP contribution in [-0.2, 0) is 0 Å². The lowest BCUT2D eigenvalue weighted by Gasteiger charge is -2.06. The molecular formula is C12H7Cl2N3O3. The molecule has 0 radical (unpaired) electrons. The van der Waals surface area contributed by atoms with Gasteiger partial charge >= 0.3 is 5.97 Å². The molecule has 0 unspecified atom stereocenters. The summed E-state index contributed by atoms with van der Waals surface area (Å²) in [5, 5.41) is 11.4. The summed E-state index contributed by atoms with van der Waals surface area (Å²) in [5.74, 6) is -1.42. The molecule has 102 valence electrons. The van der Waals surface area contributed by atoms with E-state index < -0.39 is 11.9 Å². The molecule has 0 aliphatic heterocycles. The number of carbonyl (C=O) groups is 2. The number of carboxylic acid groups (broad SMARTS) is 1. The SMILES string of the molecule is O=C(O)c1ccc(NC(=O)c2ccc(Cl)nc2Cl)nc1. The van der Waals surface area contributed by atoms with Crippen LogP contribution in [0.2, 0.25) is 10.3 Å². The van der Waals surface area contributed by atoms with Crippen molar-refractivity contribution in [1.82, 2.24) is 9.97 Å². The first-order chi connectivity index (χ1) is 9.47. The molecule has 0 atom stereocenters. The van der Waals surface area contributed by atoms with Gasteiger partial charge in [0.15, 0.2) is 0 Å². The largest absolute Gasteiger partial charge is 0.478 e. The number of hydrogen-bond donors (Lipinski definition) is 2. The van der Waals surface area contributed by atoms with Crippen LogP contribution in [0.4, 0.5) is 5.82 Å². The fourth-order valence-corrected chi connectivity index (χ4v) is 1.79. The van der Waals surface area contributed by atoms with Gasteiger partial charge in [0.1, 0.15) is 16.1 Å². The van der Waals surface area contributed by atoms with Crippen LogP contribution in [0.15, 0.2) is 30.5 Å². The summed E-state index contributed by atoms with van der Waals surface area (Å²) < 4.78 is 0. The number of carbonyl (C=O) groups excluding carboxylic acids is 1. The average Bonchev–Trinajstić information content (AvgIpc) is 2.39. The van der Waals surface area contributed by atoms with E-state index in [0.717, 1.165) is 6.20 Å². The number of hydrogen-bond acceptors (Lipinski definition) is 4.